The van der Waals surface area contributed by atoms with Crippen LogP contribution in [-0.2, 0) is 20.0 Å². The molecule has 0 aromatic carbocycles. The number of nitrogens with one attached hydrogen (secondary N) is 1. The van der Waals surface area contributed by atoms with E-state index in [0.29, 0.717) is 6.54 Å². The predicted octanol–water partition coefficient (Wildman–Crippen LogP) is 2.15. The third-order valence-corrected chi connectivity index (χ3v) is 5.17. The van der Waals surface area contributed by atoms with Gasteiger partial charge in [-0.1, -0.05) is 6.42 Å². The number of anilines is 1. The molecular formula is C17H25N7O. The van der Waals surface area contributed by atoms with Crippen LogP contribution in [0.2, 0.25) is 0 Å². The van der Waals surface area contributed by atoms with Crippen LogP contribution in [0.3, 0.4) is 0 Å². The van der Waals surface area contributed by atoms with Crippen molar-refractivity contribution in [3.63, 3.8) is 0 Å². The van der Waals surface area contributed by atoms with E-state index in [2.05, 4.69) is 25.2 Å². The number of hydrogen-bond donors (Lipinski definition) is 1. The Kier molecular flexibility index (Phi) is 4.42. The molecule has 4 rings (SSSR count). The summed E-state index contributed by atoms with van der Waals surface area (Å²) in [6, 6.07) is -0.0618. The first kappa shape index (κ1) is 16.1. The molecule has 2 aromatic rings. The summed E-state index contributed by atoms with van der Waals surface area (Å²) < 4.78 is 3.99. The van der Waals surface area contributed by atoms with Gasteiger partial charge in [0.25, 0.3) is 0 Å². The van der Waals surface area contributed by atoms with Crippen molar-refractivity contribution in [2.45, 2.75) is 51.0 Å². The largest absolute Gasteiger partial charge is 0.324 e. The smallest absolute Gasteiger partial charge is 0.321 e. The molecule has 134 valence electrons. The fourth-order valence-electron chi connectivity index (χ4n) is 3.87. The molecule has 2 aromatic heterocycles. The topological polar surface area (TPSA) is 80.9 Å². The molecule has 2 aliphatic rings. The molecule has 1 N–H and O–H groups in total. The molecule has 1 fully saturated rings. The van der Waals surface area contributed by atoms with Gasteiger partial charge in [-0.2, -0.15) is 5.10 Å². The van der Waals surface area contributed by atoms with Gasteiger partial charge < -0.3 is 14.8 Å². The highest BCUT2D eigenvalue weighted by molar-refractivity contribution is 5.89. The quantitative estimate of drug-likeness (QED) is 0.906. The molecule has 8 nitrogen and oxygen atoms in total. The number of nitrogens with zero attached hydrogens (tertiary/aromatic N) is 6. The van der Waals surface area contributed by atoms with Crippen molar-refractivity contribution in [2.24, 2.45) is 7.05 Å². The normalized spacial score (nSPS) is 20.8. The Morgan fingerprint density at radius 1 is 1.20 bits per heavy atom. The van der Waals surface area contributed by atoms with Crippen LogP contribution in [0.15, 0.2) is 12.4 Å². The van der Waals surface area contributed by atoms with Crippen LogP contribution in [-0.4, -0.2) is 48.6 Å². The van der Waals surface area contributed by atoms with Gasteiger partial charge in [-0.25, -0.2) is 4.79 Å². The van der Waals surface area contributed by atoms with E-state index in [1.807, 2.05) is 11.9 Å². The molecule has 25 heavy (non-hydrogen) atoms. The first-order valence-electron chi connectivity index (χ1n) is 9.17. The Labute approximate surface area is 147 Å². The van der Waals surface area contributed by atoms with E-state index in [4.69, 9.17) is 0 Å². The average molecular weight is 343 g/mol. The first-order valence-corrected chi connectivity index (χ1v) is 9.17. The standard InChI is InChI=1S/C17H25N7O/c1-22-12-14(10-18-22)19-17(25)23-8-5-6-13(11-23)16-21-20-15-7-3-2-4-9-24(15)16/h10,12-13H,2-9,11H2,1H3,(H,19,25). The third kappa shape index (κ3) is 3.38. The Bertz CT molecular complexity index is 750. The monoisotopic (exact) mass is 343 g/mol. The zero-order valence-corrected chi connectivity index (χ0v) is 14.7. The minimum absolute atomic E-state index is 0.0618. The Hall–Kier alpha value is -2.38. The van der Waals surface area contributed by atoms with Crippen LogP contribution in [0.5, 0.6) is 0 Å². The van der Waals surface area contributed by atoms with E-state index in [1.165, 1.54) is 19.3 Å². The molecule has 0 aliphatic carbocycles. The molecule has 0 spiro atoms. The Morgan fingerprint density at radius 2 is 2.12 bits per heavy atom. The van der Waals surface area contributed by atoms with E-state index in [9.17, 15) is 4.79 Å². The fraction of sp³-hybridized carbons (Fsp3) is 0.647. The van der Waals surface area contributed by atoms with Crippen LogP contribution in [0.1, 0.15) is 49.7 Å². The maximum Gasteiger partial charge on any atom is 0.321 e. The second kappa shape index (κ2) is 6.85. The lowest BCUT2D eigenvalue weighted by molar-refractivity contribution is 0.190. The van der Waals surface area contributed by atoms with Gasteiger partial charge in [0.05, 0.1) is 11.9 Å². The van der Waals surface area contributed by atoms with Gasteiger partial charge in [-0.3, -0.25) is 4.68 Å². The summed E-state index contributed by atoms with van der Waals surface area (Å²) >= 11 is 0. The van der Waals surface area contributed by atoms with Gasteiger partial charge in [-0.15, -0.1) is 10.2 Å². The number of carbonyl (C=O) groups is 1. The Morgan fingerprint density at radius 3 is 2.96 bits per heavy atom. The van der Waals surface area contributed by atoms with Crippen molar-refractivity contribution in [2.75, 3.05) is 18.4 Å². The number of hydrogen-bond acceptors (Lipinski definition) is 4. The van der Waals surface area contributed by atoms with Gasteiger partial charge in [0.15, 0.2) is 0 Å². The second-order valence-corrected chi connectivity index (χ2v) is 7.05. The van der Waals surface area contributed by atoms with Crippen molar-refractivity contribution in [3.8, 4) is 0 Å². The fourth-order valence-corrected chi connectivity index (χ4v) is 3.87. The number of aromatic nitrogens is 5. The maximum atomic E-state index is 12.6. The van der Waals surface area contributed by atoms with Crippen LogP contribution >= 0.6 is 0 Å². The van der Waals surface area contributed by atoms with Crippen LogP contribution in [0.25, 0.3) is 0 Å². The summed E-state index contributed by atoms with van der Waals surface area (Å²) in [4.78, 5) is 14.5. The third-order valence-electron chi connectivity index (χ3n) is 5.17. The van der Waals surface area contributed by atoms with Crippen molar-refractivity contribution >= 4 is 11.7 Å². The lowest BCUT2D eigenvalue weighted by atomic mass is 9.97. The molecule has 8 heteroatoms. The van der Waals surface area contributed by atoms with Crippen LogP contribution in [0, 0.1) is 0 Å². The summed E-state index contributed by atoms with van der Waals surface area (Å²) in [5.74, 6) is 2.45. The van der Waals surface area contributed by atoms with Crippen molar-refractivity contribution in [3.05, 3.63) is 24.0 Å². The minimum Gasteiger partial charge on any atom is -0.324 e. The molecular weight excluding hydrogens is 318 g/mol. The molecule has 0 saturated carbocycles. The highest BCUT2D eigenvalue weighted by Crippen LogP contribution is 2.28. The lowest BCUT2D eigenvalue weighted by Crippen LogP contribution is -2.42. The van der Waals surface area contributed by atoms with E-state index < -0.39 is 0 Å². The van der Waals surface area contributed by atoms with Crippen molar-refractivity contribution in [1.82, 2.24) is 29.4 Å². The van der Waals surface area contributed by atoms with Crippen molar-refractivity contribution < 1.29 is 4.79 Å². The molecule has 1 atom stereocenters. The van der Waals surface area contributed by atoms with Gasteiger partial charge in [0.1, 0.15) is 11.6 Å². The number of aryl methyl sites for hydroxylation is 2. The van der Waals surface area contributed by atoms with E-state index in [-0.39, 0.29) is 11.9 Å². The zero-order chi connectivity index (χ0) is 17.2. The number of amides is 2. The summed E-state index contributed by atoms with van der Waals surface area (Å²) in [7, 11) is 1.84. The number of urea groups is 1. The van der Waals surface area contributed by atoms with E-state index >= 15 is 0 Å². The molecule has 0 bridgehead atoms. The average Bonchev–Trinajstić information content (AvgIpc) is 3.14. The predicted molar refractivity (Wildman–Crippen MR) is 93.4 cm³/mol. The van der Waals surface area contributed by atoms with Gasteiger partial charge in [-0.05, 0) is 25.7 Å². The highest BCUT2D eigenvalue weighted by Gasteiger charge is 2.29. The summed E-state index contributed by atoms with van der Waals surface area (Å²) in [5, 5.41) is 15.9. The number of likely N-dealkylation sites (tertiary alicyclic amines) is 1. The SMILES string of the molecule is Cn1cc(NC(=O)N2CCCC(c3nnc4n3CCCCC4)C2)cn1. The van der Waals surface area contributed by atoms with Gasteiger partial charge in [0.2, 0.25) is 0 Å². The summed E-state index contributed by atoms with van der Waals surface area (Å²) in [5.41, 5.74) is 0.728. The molecule has 4 heterocycles. The van der Waals surface area contributed by atoms with Gasteiger partial charge >= 0.3 is 6.03 Å². The second-order valence-electron chi connectivity index (χ2n) is 7.05. The number of rotatable bonds is 2. The highest BCUT2D eigenvalue weighted by atomic mass is 16.2. The number of fused-ring (bicyclic) bond motifs is 1. The van der Waals surface area contributed by atoms with E-state index in [1.54, 1.807) is 17.1 Å². The van der Waals surface area contributed by atoms with Crippen molar-refractivity contribution in [1.29, 1.82) is 0 Å². The van der Waals surface area contributed by atoms with Crippen LogP contribution in [0.4, 0.5) is 10.5 Å². The molecule has 1 unspecified atom stereocenters. The van der Waals surface area contributed by atoms with E-state index in [0.717, 1.165) is 49.7 Å². The molecule has 2 aliphatic heterocycles. The molecule has 2 amide bonds. The maximum absolute atomic E-state index is 12.6. The molecule has 1 saturated heterocycles. The zero-order valence-electron chi connectivity index (χ0n) is 14.7. The minimum atomic E-state index is -0.0618. The lowest BCUT2D eigenvalue weighted by Gasteiger charge is -2.32. The summed E-state index contributed by atoms with van der Waals surface area (Å²) in [6.07, 6.45) is 10.2. The Balaban J connectivity index is 1.46. The molecule has 0 radical (unpaired) electrons. The number of carbonyl (C=O) groups excluding carboxylic acids is 1. The van der Waals surface area contributed by atoms with Gasteiger partial charge in [0, 0.05) is 45.2 Å². The first-order chi connectivity index (χ1) is 12.2. The van der Waals surface area contributed by atoms with Crippen LogP contribution < -0.4 is 5.32 Å². The summed E-state index contributed by atoms with van der Waals surface area (Å²) in [6.45, 7) is 2.49. The number of piperidine rings is 1.